The molecule has 1 amide bonds. The van der Waals surface area contributed by atoms with Crippen molar-refractivity contribution in [2.24, 2.45) is 5.92 Å². The fourth-order valence-electron chi connectivity index (χ4n) is 3.34. The van der Waals surface area contributed by atoms with Crippen LogP contribution in [0, 0.1) is 17.2 Å². The van der Waals surface area contributed by atoms with Crippen LogP contribution in [0.25, 0.3) is 11.3 Å². The Morgan fingerprint density at radius 2 is 2.04 bits per heavy atom. The standard InChI is InChI=1S/C20H23N3O2/c1-22-20(24)12-15-8-10-23(11-9-15)14-17-6-7-19(25-17)18-5-3-2-4-16(18)13-21/h2-7,15H,8-12,14H2,1H3,(H,22,24). The predicted molar refractivity (Wildman–Crippen MR) is 95.5 cm³/mol. The zero-order chi connectivity index (χ0) is 17.6. The molecule has 0 aliphatic carbocycles. The smallest absolute Gasteiger partial charge is 0.220 e. The Bertz CT molecular complexity index is 767. The van der Waals surface area contributed by atoms with Gasteiger partial charge in [0.2, 0.25) is 5.91 Å². The van der Waals surface area contributed by atoms with Crippen molar-refractivity contribution < 1.29 is 9.21 Å². The molecule has 2 heterocycles. The summed E-state index contributed by atoms with van der Waals surface area (Å²) in [6.45, 7) is 2.72. The van der Waals surface area contributed by atoms with Crippen molar-refractivity contribution in [2.45, 2.75) is 25.8 Å². The molecule has 0 atom stereocenters. The van der Waals surface area contributed by atoms with E-state index in [0.29, 0.717) is 17.9 Å². The molecule has 25 heavy (non-hydrogen) atoms. The van der Waals surface area contributed by atoms with Gasteiger partial charge in [-0.05, 0) is 56.1 Å². The van der Waals surface area contributed by atoms with Crippen molar-refractivity contribution in [3.8, 4) is 17.4 Å². The van der Waals surface area contributed by atoms with Crippen molar-refractivity contribution in [3.63, 3.8) is 0 Å². The molecule has 1 aromatic heterocycles. The minimum Gasteiger partial charge on any atom is -0.460 e. The average Bonchev–Trinajstić information content (AvgIpc) is 3.11. The van der Waals surface area contributed by atoms with Crippen LogP contribution < -0.4 is 5.32 Å². The largest absolute Gasteiger partial charge is 0.460 e. The lowest BCUT2D eigenvalue weighted by molar-refractivity contribution is -0.121. The quantitative estimate of drug-likeness (QED) is 0.910. The number of piperidine rings is 1. The number of hydrogen-bond acceptors (Lipinski definition) is 4. The van der Waals surface area contributed by atoms with Gasteiger partial charge in [0.15, 0.2) is 0 Å². The maximum Gasteiger partial charge on any atom is 0.220 e. The van der Waals surface area contributed by atoms with E-state index in [1.165, 1.54) is 0 Å². The summed E-state index contributed by atoms with van der Waals surface area (Å²) in [6, 6.07) is 13.6. The lowest BCUT2D eigenvalue weighted by Gasteiger charge is -2.30. The third-order valence-corrected chi connectivity index (χ3v) is 4.81. The Labute approximate surface area is 148 Å². The number of furan rings is 1. The van der Waals surface area contributed by atoms with Crippen molar-refractivity contribution >= 4 is 5.91 Å². The highest BCUT2D eigenvalue weighted by Gasteiger charge is 2.22. The highest BCUT2D eigenvalue weighted by Crippen LogP contribution is 2.27. The van der Waals surface area contributed by atoms with Crippen LogP contribution in [-0.2, 0) is 11.3 Å². The first-order chi connectivity index (χ1) is 12.2. The number of amides is 1. The van der Waals surface area contributed by atoms with Gasteiger partial charge in [-0.25, -0.2) is 0 Å². The molecule has 0 bridgehead atoms. The van der Waals surface area contributed by atoms with Crippen LogP contribution >= 0.6 is 0 Å². The first-order valence-electron chi connectivity index (χ1n) is 8.70. The highest BCUT2D eigenvalue weighted by atomic mass is 16.3. The van der Waals surface area contributed by atoms with Crippen molar-refractivity contribution in [3.05, 3.63) is 47.7 Å². The first kappa shape index (κ1) is 17.2. The third-order valence-electron chi connectivity index (χ3n) is 4.81. The van der Waals surface area contributed by atoms with Crippen LogP contribution in [0.3, 0.4) is 0 Å². The van der Waals surface area contributed by atoms with Gasteiger partial charge in [0.25, 0.3) is 0 Å². The number of nitrogens with one attached hydrogen (secondary N) is 1. The van der Waals surface area contributed by atoms with E-state index in [2.05, 4.69) is 16.3 Å². The summed E-state index contributed by atoms with van der Waals surface area (Å²) in [5.74, 6) is 2.25. The second-order valence-electron chi connectivity index (χ2n) is 6.52. The number of carbonyl (C=O) groups is 1. The number of hydrogen-bond donors (Lipinski definition) is 1. The van der Waals surface area contributed by atoms with Crippen molar-refractivity contribution in [1.29, 1.82) is 5.26 Å². The molecular formula is C20H23N3O2. The molecule has 5 nitrogen and oxygen atoms in total. The van der Waals surface area contributed by atoms with Crippen LogP contribution in [-0.4, -0.2) is 30.9 Å². The van der Waals surface area contributed by atoms with Gasteiger partial charge in [0.05, 0.1) is 18.2 Å². The van der Waals surface area contributed by atoms with E-state index in [1.54, 1.807) is 13.1 Å². The summed E-state index contributed by atoms with van der Waals surface area (Å²) in [7, 11) is 1.69. The Hall–Kier alpha value is -2.58. The Morgan fingerprint density at radius 1 is 1.28 bits per heavy atom. The maximum atomic E-state index is 11.5. The van der Waals surface area contributed by atoms with E-state index in [-0.39, 0.29) is 5.91 Å². The Balaban J connectivity index is 1.58. The molecule has 3 rings (SSSR count). The van der Waals surface area contributed by atoms with E-state index in [0.717, 1.165) is 49.6 Å². The molecule has 0 unspecified atom stereocenters. The lowest BCUT2D eigenvalue weighted by atomic mass is 9.93. The maximum absolute atomic E-state index is 11.5. The van der Waals surface area contributed by atoms with Crippen LogP contribution in [0.2, 0.25) is 0 Å². The molecule has 0 saturated carbocycles. The predicted octanol–water partition coefficient (Wildman–Crippen LogP) is 3.17. The molecule has 5 heteroatoms. The minimum absolute atomic E-state index is 0.130. The normalized spacial score (nSPS) is 15.7. The van der Waals surface area contributed by atoms with E-state index in [1.807, 2.05) is 30.3 Å². The number of rotatable bonds is 5. The molecule has 2 aromatic rings. The molecule has 0 radical (unpaired) electrons. The molecule has 130 valence electrons. The summed E-state index contributed by atoms with van der Waals surface area (Å²) in [6.07, 6.45) is 2.71. The molecule has 1 N–H and O–H groups in total. The van der Waals surface area contributed by atoms with E-state index >= 15 is 0 Å². The van der Waals surface area contributed by atoms with Gasteiger partial charge in [-0.15, -0.1) is 0 Å². The fraction of sp³-hybridized carbons (Fsp3) is 0.400. The Morgan fingerprint density at radius 3 is 2.76 bits per heavy atom. The Kier molecular flexibility index (Phi) is 5.52. The number of carbonyl (C=O) groups excluding carboxylic acids is 1. The first-order valence-corrected chi connectivity index (χ1v) is 8.70. The van der Waals surface area contributed by atoms with Gasteiger partial charge in [0.1, 0.15) is 11.5 Å². The SMILES string of the molecule is CNC(=O)CC1CCN(Cc2ccc(-c3ccccc3C#N)o2)CC1. The highest BCUT2D eigenvalue weighted by molar-refractivity contribution is 5.75. The third kappa shape index (κ3) is 4.28. The van der Waals surface area contributed by atoms with Crippen LogP contribution in [0.15, 0.2) is 40.8 Å². The van der Waals surface area contributed by atoms with Crippen molar-refractivity contribution in [2.75, 3.05) is 20.1 Å². The van der Waals surface area contributed by atoms with E-state index in [4.69, 9.17) is 4.42 Å². The molecule has 0 spiro atoms. The van der Waals surface area contributed by atoms with Gasteiger partial charge in [-0.3, -0.25) is 9.69 Å². The number of nitriles is 1. The zero-order valence-corrected chi connectivity index (χ0v) is 14.5. The monoisotopic (exact) mass is 337 g/mol. The topological polar surface area (TPSA) is 69.3 Å². The summed E-state index contributed by atoms with van der Waals surface area (Å²) in [5.41, 5.74) is 1.46. The second kappa shape index (κ2) is 8.00. The number of nitrogens with zero attached hydrogens (tertiary/aromatic N) is 2. The van der Waals surface area contributed by atoms with Crippen molar-refractivity contribution in [1.82, 2.24) is 10.2 Å². The summed E-state index contributed by atoms with van der Waals surface area (Å²) < 4.78 is 5.97. The van der Waals surface area contributed by atoms with E-state index in [9.17, 15) is 10.1 Å². The molecule has 1 saturated heterocycles. The number of benzene rings is 1. The molecule has 1 fully saturated rings. The summed E-state index contributed by atoms with van der Waals surface area (Å²) >= 11 is 0. The van der Waals surface area contributed by atoms with Gasteiger partial charge in [0, 0.05) is 19.0 Å². The molecule has 1 aromatic carbocycles. The van der Waals surface area contributed by atoms with Crippen LogP contribution in [0.5, 0.6) is 0 Å². The summed E-state index contributed by atoms with van der Waals surface area (Å²) in [4.78, 5) is 13.8. The summed E-state index contributed by atoms with van der Waals surface area (Å²) in [5, 5.41) is 11.9. The van der Waals surface area contributed by atoms with E-state index < -0.39 is 0 Å². The van der Waals surface area contributed by atoms with Gasteiger partial charge >= 0.3 is 0 Å². The zero-order valence-electron chi connectivity index (χ0n) is 14.5. The second-order valence-corrected chi connectivity index (χ2v) is 6.52. The van der Waals surface area contributed by atoms with Gasteiger partial charge in [-0.1, -0.05) is 12.1 Å². The lowest BCUT2D eigenvalue weighted by Crippen LogP contribution is -2.34. The number of likely N-dealkylation sites (tertiary alicyclic amines) is 1. The van der Waals surface area contributed by atoms with Crippen LogP contribution in [0.1, 0.15) is 30.6 Å². The fourth-order valence-corrected chi connectivity index (χ4v) is 3.34. The van der Waals surface area contributed by atoms with Crippen LogP contribution in [0.4, 0.5) is 0 Å². The minimum atomic E-state index is 0.130. The molecule has 1 aliphatic rings. The van der Waals surface area contributed by atoms with Gasteiger partial charge < -0.3 is 9.73 Å². The average molecular weight is 337 g/mol. The molecular weight excluding hydrogens is 314 g/mol. The molecule has 1 aliphatic heterocycles. The van der Waals surface area contributed by atoms with Gasteiger partial charge in [-0.2, -0.15) is 5.26 Å².